The molecule has 1 aromatic carbocycles. The van der Waals surface area contributed by atoms with Crippen molar-refractivity contribution in [3.8, 4) is 0 Å². The first-order valence-electron chi connectivity index (χ1n) is 5.31. The molecule has 2 atom stereocenters. The molecule has 2 rings (SSSR count). The molecule has 1 heterocycles. The predicted octanol–water partition coefficient (Wildman–Crippen LogP) is 3.24. The standard InChI is InChI=1S/C12H16ClNO/c1-8-7-10(13)3-4-11(8)14-12-5-6-15-9(12)2/h3-4,7,9,12,14H,5-6H2,1-2H3/t9-,12-/m1/s1. The van der Waals surface area contributed by atoms with Gasteiger partial charge in [0.05, 0.1) is 12.1 Å². The Kier molecular flexibility index (Phi) is 3.17. The number of aryl methyl sites for hydroxylation is 1. The smallest absolute Gasteiger partial charge is 0.0748 e. The second kappa shape index (κ2) is 4.42. The van der Waals surface area contributed by atoms with Gasteiger partial charge >= 0.3 is 0 Å². The van der Waals surface area contributed by atoms with E-state index in [2.05, 4.69) is 19.2 Å². The van der Waals surface area contributed by atoms with E-state index in [9.17, 15) is 0 Å². The number of halogens is 1. The van der Waals surface area contributed by atoms with Crippen molar-refractivity contribution < 1.29 is 4.74 Å². The SMILES string of the molecule is Cc1cc(Cl)ccc1N[C@@H]1CCO[C@@H]1C. The highest BCUT2D eigenvalue weighted by atomic mass is 35.5. The van der Waals surface area contributed by atoms with Crippen molar-refractivity contribution >= 4 is 17.3 Å². The average Bonchev–Trinajstić information content (AvgIpc) is 2.57. The van der Waals surface area contributed by atoms with Crippen molar-refractivity contribution in [2.45, 2.75) is 32.4 Å². The third-order valence-electron chi connectivity index (χ3n) is 2.91. The quantitative estimate of drug-likeness (QED) is 0.835. The van der Waals surface area contributed by atoms with E-state index in [0.29, 0.717) is 12.1 Å². The molecule has 0 unspecified atom stereocenters. The minimum absolute atomic E-state index is 0.292. The van der Waals surface area contributed by atoms with Crippen LogP contribution in [0.15, 0.2) is 18.2 Å². The fourth-order valence-corrected chi connectivity index (χ4v) is 2.14. The summed E-state index contributed by atoms with van der Waals surface area (Å²) >= 11 is 5.91. The van der Waals surface area contributed by atoms with Crippen LogP contribution in [-0.4, -0.2) is 18.8 Å². The number of nitrogens with one attached hydrogen (secondary N) is 1. The first kappa shape index (κ1) is 10.8. The number of anilines is 1. The molecule has 1 aliphatic heterocycles. The van der Waals surface area contributed by atoms with Gasteiger partial charge in [-0.3, -0.25) is 0 Å². The fourth-order valence-electron chi connectivity index (χ4n) is 1.91. The highest BCUT2D eigenvalue weighted by Crippen LogP contribution is 2.23. The molecule has 0 saturated carbocycles. The van der Waals surface area contributed by atoms with Gasteiger partial charge in [-0.15, -0.1) is 0 Å². The average molecular weight is 226 g/mol. The summed E-state index contributed by atoms with van der Waals surface area (Å²) in [5, 5.41) is 4.29. The van der Waals surface area contributed by atoms with Crippen LogP contribution in [0, 0.1) is 6.92 Å². The lowest BCUT2D eigenvalue weighted by atomic mass is 10.1. The molecule has 0 aliphatic carbocycles. The molecule has 1 saturated heterocycles. The third-order valence-corrected chi connectivity index (χ3v) is 3.14. The van der Waals surface area contributed by atoms with Gasteiger partial charge in [-0.1, -0.05) is 11.6 Å². The minimum atomic E-state index is 0.292. The van der Waals surface area contributed by atoms with Gasteiger partial charge in [-0.25, -0.2) is 0 Å². The van der Waals surface area contributed by atoms with Crippen molar-refractivity contribution in [1.82, 2.24) is 0 Å². The van der Waals surface area contributed by atoms with Crippen LogP contribution in [0.1, 0.15) is 18.9 Å². The number of hydrogen-bond acceptors (Lipinski definition) is 2. The topological polar surface area (TPSA) is 21.3 Å². The highest BCUT2D eigenvalue weighted by molar-refractivity contribution is 6.30. The van der Waals surface area contributed by atoms with Gasteiger partial charge in [0.1, 0.15) is 0 Å². The normalized spacial score (nSPS) is 25.5. The molecule has 0 bridgehead atoms. The lowest BCUT2D eigenvalue weighted by Crippen LogP contribution is -2.26. The summed E-state index contributed by atoms with van der Waals surface area (Å²) in [7, 11) is 0. The summed E-state index contributed by atoms with van der Waals surface area (Å²) < 4.78 is 5.51. The molecule has 1 aromatic rings. The van der Waals surface area contributed by atoms with Crippen LogP contribution in [0.25, 0.3) is 0 Å². The fraction of sp³-hybridized carbons (Fsp3) is 0.500. The summed E-state index contributed by atoms with van der Waals surface area (Å²) in [6.45, 7) is 5.02. The molecule has 3 heteroatoms. The van der Waals surface area contributed by atoms with Crippen LogP contribution in [-0.2, 0) is 4.74 Å². The summed E-state index contributed by atoms with van der Waals surface area (Å²) in [5.74, 6) is 0. The van der Waals surface area contributed by atoms with E-state index in [0.717, 1.165) is 23.7 Å². The summed E-state index contributed by atoms with van der Waals surface area (Å²) in [5.41, 5.74) is 2.34. The lowest BCUT2D eigenvalue weighted by molar-refractivity contribution is 0.121. The Hall–Kier alpha value is -0.730. The van der Waals surface area contributed by atoms with Gasteiger partial charge in [0.15, 0.2) is 0 Å². The van der Waals surface area contributed by atoms with E-state index in [4.69, 9.17) is 16.3 Å². The van der Waals surface area contributed by atoms with Gasteiger partial charge in [-0.05, 0) is 44.0 Å². The molecule has 82 valence electrons. The van der Waals surface area contributed by atoms with Crippen molar-refractivity contribution in [3.63, 3.8) is 0 Å². The monoisotopic (exact) mass is 225 g/mol. The molecule has 15 heavy (non-hydrogen) atoms. The zero-order chi connectivity index (χ0) is 10.8. The number of ether oxygens (including phenoxy) is 1. The Morgan fingerprint density at radius 1 is 1.47 bits per heavy atom. The van der Waals surface area contributed by atoms with E-state index in [1.807, 2.05) is 18.2 Å². The molecule has 1 N–H and O–H groups in total. The third kappa shape index (κ3) is 2.44. The van der Waals surface area contributed by atoms with Crippen LogP contribution < -0.4 is 5.32 Å². The Labute approximate surface area is 95.6 Å². The van der Waals surface area contributed by atoms with Gasteiger partial charge in [-0.2, -0.15) is 0 Å². The maximum absolute atomic E-state index is 5.91. The molecular formula is C12H16ClNO. The molecule has 0 amide bonds. The molecule has 0 radical (unpaired) electrons. The summed E-state index contributed by atoms with van der Waals surface area (Å²) in [4.78, 5) is 0. The van der Waals surface area contributed by atoms with Gasteiger partial charge in [0.2, 0.25) is 0 Å². The maximum Gasteiger partial charge on any atom is 0.0748 e. The number of rotatable bonds is 2. The summed E-state index contributed by atoms with van der Waals surface area (Å²) in [6, 6.07) is 6.34. The van der Waals surface area contributed by atoms with Crippen molar-refractivity contribution in [2.75, 3.05) is 11.9 Å². The largest absolute Gasteiger partial charge is 0.379 e. The van der Waals surface area contributed by atoms with Gasteiger partial charge in [0.25, 0.3) is 0 Å². The molecule has 2 nitrogen and oxygen atoms in total. The van der Waals surface area contributed by atoms with Crippen LogP contribution in [0.4, 0.5) is 5.69 Å². The van der Waals surface area contributed by atoms with Crippen molar-refractivity contribution in [2.24, 2.45) is 0 Å². The predicted molar refractivity (Wildman–Crippen MR) is 63.6 cm³/mol. The number of hydrogen-bond donors (Lipinski definition) is 1. The molecule has 0 spiro atoms. The Morgan fingerprint density at radius 3 is 2.87 bits per heavy atom. The maximum atomic E-state index is 5.91. The highest BCUT2D eigenvalue weighted by Gasteiger charge is 2.24. The first-order chi connectivity index (χ1) is 7.16. The minimum Gasteiger partial charge on any atom is -0.379 e. The summed E-state index contributed by atoms with van der Waals surface area (Å²) in [6.07, 6.45) is 1.36. The second-order valence-electron chi connectivity index (χ2n) is 4.07. The van der Waals surface area contributed by atoms with Gasteiger partial charge in [0, 0.05) is 17.3 Å². The molecule has 0 aromatic heterocycles. The zero-order valence-electron chi connectivity index (χ0n) is 9.09. The van der Waals surface area contributed by atoms with E-state index >= 15 is 0 Å². The Morgan fingerprint density at radius 2 is 2.27 bits per heavy atom. The lowest BCUT2D eigenvalue weighted by Gasteiger charge is -2.18. The molecule has 1 aliphatic rings. The Balaban J connectivity index is 2.10. The van der Waals surface area contributed by atoms with Crippen LogP contribution >= 0.6 is 11.6 Å². The van der Waals surface area contributed by atoms with Crippen molar-refractivity contribution in [3.05, 3.63) is 28.8 Å². The molecular weight excluding hydrogens is 210 g/mol. The first-order valence-corrected chi connectivity index (χ1v) is 5.69. The van der Waals surface area contributed by atoms with E-state index in [-0.39, 0.29) is 0 Å². The van der Waals surface area contributed by atoms with Crippen LogP contribution in [0.5, 0.6) is 0 Å². The van der Waals surface area contributed by atoms with Crippen LogP contribution in [0.2, 0.25) is 5.02 Å². The number of benzene rings is 1. The van der Waals surface area contributed by atoms with E-state index in [1.54, 1.807) is 0 Å². The molecule has 1 fully saturated rings. The Bertz CT molecular complexity index is 353. The van der Waals surface area contributed by atoms with Crippen LogP contribution in [0.3, 0.4) is 0 Å². The zero-order valence-corrected chi connectivity index (χ0v) is 9.84. The van der Waals surface area contributed by atoms with E-state index < -0.39 is 0 Å². The van der Waals surface area contributed by atoms with E-state index in [1.165, 1.54) is 5.56 Å². The second-order valence-corrected chi connectivity index (χ2v) is 4.51. The van der Waals surface area contributed by atoms with Gasteiger partial charge < -0.3 is 10.1 Å². The van der Waals surface area contributed by atoms with Crippen molar-refractivity contribution in [1.29, 1.82) is 0 Å².